The minimum Gasteiger partial charge on any atom is -0.319 e. The predicted octanol–water partition coefficient (Wildman–Crippen LogP) is 4.42. The van der Waals surface area contributed by atoms with Crippen molar-refractivity contribution in [3.05, 3.63) is 41.7 Å². The quantitative estimate of drug-likeness (QED) is 0.868. The molecule has 0 amide bonds. The Morgan fingerprint density at radius 2 is 2.00 bits per heavy atom. The highest BCUT2D eigenvalue weighted by Gasteiger charge is 2.20. The number of nitrogens with two attached hydrogens (primary N) is 1. The number of fused-ring (bicyclic) bond motifs is 1. The van der Waals surface area contributed by atoms with Gasteiger partial charge in [0.1, 0.15) is 0 Å². The van der Waals surface area contributed by atoms with Crippen molar-refractivity contribution >= 4 is 38.6 Å². The molecular formula is C13H14BrNS2. The average molecular weight is 328 g/mol. The van der Waals surface area contributed by atoms with Crippen molar-refractivity contribution in [2.24, 2.45) is 5.73 Å². The Morgan fingerprint density at radius 1 is 1.24 bits per heavy atom. The third-order valence-corrected chi connectivity index (χ3v) is 6.79. The van der Waals surface area contributed by atoms with Crippen LogP contribution >= 0.6 is 38.6 Å². The number of hydrogen-bond donors (Lipinski definition) is 1. The molecule has 90 valence electrons. The van der Waals surface area contributed by atoms with Crippen LogP contribution in [0.15, 0.2) is 15.9 Å². The molecule has 2 N–H and O–H groups in total. The van der Waals surface area contributed by atoms with Gasteiger partial charge in [0, 0.05) is 14.6 Å². The summed E-state index contributed by atoms with van der Waals surface area (Å²) in [4.78, 5) is 4.14. The van der Waals surface area contributed by atoms with E-state index < -0.39 is 0 Å². The second kappa shape index (κ2) is 4.50. The molecule has 4 heteroatoms. The van der Waals surface area contributed by atoms with Crippen LogP contribution in [-0.4, -0.2) is 0 Å². The van der Waals surface area contributed by atoms with Crippen LogP contribution in [0.2, 0.25) is 0 Å². The molecule has 2 aromatic rings. The van der Waals surface area contributed by atoms with E-state index in [0.29, 0.717) is 0 Å². The highest BCUT2D eigenvalue weighted by molar-refractivity contribution is 9.11. The van der Waals surface area contributed by atoms with Crippen molar-refractivity contribution in [2.75, 3.05) is 0 Å². The first-order chi connectivity index (χ1) is 8.15. The standard InChI is InChI=1S/C13H14BrNS2/c1-7-5-10(17-13(7)14)12(15)11-6-8-3-2-4-9(8)16-11/h5-6,12H,2-4,15H2,1H3. The molecule has 0 fully saturated rings. The fraction of sp³-hybridized carbons (Fsp3) is 0.385. The molecule has 1 atom stereocenters. The van der Waals surface area contributed by atoms with Gasteiger partial charge in [-0.25, -0.2) is 0 Å². The first-order valence-corrected chi connectivity index (χ1v) is 8.20. The van der Waals surface area contributed by atoms with Gasteiger partial charge in [0.05, 0.1) is 9.83 Å². The zero-order valence-electron chi connectivity index (χ0n) is 9.63. The fourth-order valence-electron chi connectivity index (χ4n) is 2.28. The second-order valence-corrected chi connectivity index (χ2v) is 8.10. The maximum absolute atomic E-state index is 6.36. The summed E-state index contributed by atoms with van der Waals surface area (Å²) in [6.07, 6.45) is 3.81. The number of thiophene rings is 2. The molecule has 0 bridgehead atoms. The summed E-state index contributed by atoms with van der Waals surface area (Å²) in [7, 11) is 0. The maximum atomic E-state index is 6.36. The maximum Gasteiger partial charge on any atom is 0.0740 e. The summed E-state index contributed by atoms with van der Waals surface area (Å²) < 4.78 is 1.20. The molecule has 0 aromatic carbocycles. The summed E-state index contributed by atoms with van der Waals surface area (Å²) in [5, 5.41) is 0. The number of aryl methyl sites for hydroxylation is 3. The molecule has 3 rings (SSSR count). The molecule has 1 aliphatic rings. The second-order valence-electron chi connectivity index (χ2n) is 4.53. The van der Waals surface area contributed by atoms with Gasteiger partial charge in [-0.1, -0.05) is 0 Å². The zero-order chi connectivity index (χ0) is 12.0. The summed E-state index contributed by atoms with van der Waals surface area (Å²) in [6.45, 7) is 2.12. The van der Waals surface area contributed by atoms with Gasteiger partial charge >= 0.3 is 0 Å². The summed E-state index contributed by atoms with van der Waals surface area (Å²) in [6, 6.07) is 4.57. The normalized spacial score (nSPS) is 16.2. The topological polar surface area (TPSA) is 26.0 Å². The van der Waals surface area contributed by atoms with Gasteiger partial charge in [0.2, 0.25) is 0 Å². The van der Waals surface area contributed by atoms with Gasteiger partial charge in [-0.2, -0.15) is 0 Å². The number of hydrogen-bond acceptors (Lipinski definition) is 3. The van der Waals surface area contributed by atoms with Crippen LogP contribution in [0.4, 0.5) is 0 Å². The van der Waals surface area contributed by atoms with Gasteiger partial charge in [-0.15, -0.1) is 22.7 Å². The Morgan fingerprint density at radius 3 is 2.65 bits per heavy atom. The third-order valence-electron chi connectivity index (χ3n) is 3.25. The van der Waals surface area contributed by atoms with Crippen LogP contribution in [-0.2, 0) is 12.8 Å². The van der Waals surface area contributed by atoms with E-state index in [-0.39, 0.29) is 6.04 Å². The van der Waals surface area contributed by atoms with E-state index in [0.717, 1.165) is 0 Å². The van der Waals surface area contributed by atoms with E-state index >= 15 is 0 Å². The van der Waals surface area contributed by atoms with Gasteiger partial charge in [-0.05, 0) is 65.4 Å². The van der Waals surface area contributed by atoms with Crippen LogP contribution in [0.5, 0.6) is 0 Å². The number of rotatable bonds is 2. The van der Waals surface area contributed by atoms with Crippen molar-refractivity contribution < 1.29 is 0 Å². The Labute approximate surface area is 118 Å². The molecule has 0 aliphatic heterocycles. The molecule has 2 aromatic heterocycles. The molecule has 0 saturated heterocycles. The lowest BCUT2D eigenvalue weighted by Crippen LogP contribution is -2.08. The highest BCUT2D eigenvalue weighted by atomic mass is 79.9. The molecular weight excluding hydrogens is 314 g/mol. The lowest BCUT2D eigenvalue weighted by molar-refractivity contribution is 0.895. The SMILES string of the molecule is Cc1cc(C(N)c2cc3c(s2)CCC3)sc1Br. The molecule has 1 unspecified atom stereocenters. The van der Waals surface area contributed by atoms with Gasteiger partial charge in [-0.3, -0.25) is 0 Å². The Hall–Kier alpha value is -0.160. The summed E-state index contributed by atoms with van der Waals surface area (Å²) in [5.41, 5.74) is 9.18. The predicted molar refractivity (Wildman–Crippen MR) is 79.1 cm³/mol. The van der Waals surface area contributed by atoms with Crippen LogP contribution in [0.25, 0.3) is 0 Å². The van der Waals surface area contributed by atoms with Gasteiger partial charge in [0.15, 0.2) is 0 Å². The molecule has 0 radical (unpaired) electrons. The zero-order valence-corrected chi connectivity index (χ0v) is 12.8. The van der Waals surface area contributed by atoms with E-state index in [2.05, 4.69) is 35.0 Å². The van der Waals surface area contributed by atoms with Crippen molar-refractivity contribution in [1.82, 2.24) is 0 Å². The van der Waals surface area contributed by atoms with Crippen molar-refractivity contribution in [1.29, 1.82) is 0 Å². The largest absolute Gasteiger partial charge is 0.319 e. The molecule has 2 heterocycles. The molecule has 17 heavy (non-hydrogen) atoms. The Kier molecular flexibility index (Phi) is 3.15. The molecule has 0 saturated carbocycles. The van der Waals surface area contributed by atoms with Crippen molar-refractivity contribution in [2.45, 2.75) is 32.2 Å². The van der Waals surface area contributed by atoms with Crippen molar-refractivity contribution in [3.8, 4) is 0 Å². The van der Waals surface area contributed by atoms with Crippen LogP contribution in [0.1, 0.15) is 38.2 Å². The van der Waals surface area contributed by atoms with Crippen molar-refractivity contribution in [3.63, 3.8) is 0 Å². The van der Waals surface area contributed by atoms with Crippen LogP contribution in [0, 0.1) is 6.92 Å². The fourth-order valence-corrected chi connectivity index (χ4v) is 5.23. The summed E-state index contributed by atoms with van der Waals surface area (Å²) in [5.74, 6) is 0. The minimum atomic E-state index is 0.0561. The van der Waals surface area contributed by atoms with Crippen LogP contribution < -0.4 is 5.73 Å². The van der Waals surface area contributed by atoms with Gasteiger partial charge in [0.25, 0.3) is 0 Å². The molecule has 0 spiro atoms. The molecule has 1 nitrogen and oxygen atoms in total. The highest BCUT2D eigenvalue weighted by Crippen LogP contribution is 2.38. The lowest BCUT2D eigenvalue weighted by atomic mass is 10.1. The summed E-state index contributed by atoms with van der Waals surface area (Å²) >= 11 is 7.23. The first-order valence-electron chi connectivity index (χ1n) is 5.78. The van der Waals surface area contributed by atoms with E-state index in [1.807, 2.05) is 11.3 Å². The Balaban J connectivity index is 1.92. The first kappa shape index (κ1) is 11.9. The van der Waals surface area contributed by atoms with E-state index in [1.165, 1.54) is 43.9 Å². The van der Waals surface area contributed by atoms with E-state index in [9.17, 15) is 0 Å². The van der Waals surface area contributed by atoms with E-state index in [4.69, 9.17) is 5.73 Å². The van der Waals surface area contributed by atoms with Gasteiger partial charge < -0.3 is 5.73 Å². The monoisotopic (exact) mass is 327 g/mol. The minimum absolute atomic E-state index is 0.0561. The average Bonchev–Trinajstić information content (AvgIpc) is 2.92. The molecule has 1 aliphatic carbocycles. The third kappa shape index (κ3) is 2.12. The number of halogens is 1. The van der Waals surface area contributed by atoms with E-state index in [1.54, 1.807) is 16.2 Å². The van der Waals surface area contributed by atoms with Crippen LogP contribution in [0.3, 0.4) is 0 Å². The smallest absolute Gasteiger partial charge is 0.0740 e. The lowest BCUT2D eigenvalue weighted by Gasteiger charge is -2.06. The Bertz CT molecular complexity index is 515.